The lowest BCUT2D eigenvalue weighted by molar-refractivity contribution is -0.385. The maximum absolute atomic E-state index is 13.9. The normalized spacial score (nSPS) is 19.2. The van der Waals surface area contributed by atoms with Gasteiger partial charge in [0, 0.05) is 25.2 Å². The zero-order chi connectivity index (χ0) is 18.2. The average molecular weight is 408 g/mol. The van der Waals surface area contributed by atoms with E-state index in [2.05, 4.69) is 5.32 Å². The van der Waals surface area contributed by atoms with Crippen LogP contribution in [0.3, 0.4) is 0 Å². The zero-order valence-corrected chi connectivity index (χ0v) is 16.1. The third kappa shape index (κ3) is 4.51. The lowest BCUT2D eigenvalue weighted by Gasteiger charge is -2.31. The van der Waals surface area contributed by atoms with Crippen LogP contribution in [-0.2, 0) is 10.0 Å². The number of halogens is 2. The van der Waals surface area contributed by atoms with E-state index in [9.17, 15) is 22.9 Å². The summed E-state index contributed by atoms with van der Waals surface area (Å²) in [6, 6.07) is 2.11. The molecule has 1 saturated carbocycles. The van der Waals surface area contributed by atoms with E-state index in [-0.39, 0.29) is 28.9 Å². The van der Waals surface area contributed by atoms with Gasteiger partial charge in [-0.2, -0.15) is 4.31 Å². The molecule has 0 bridgehead atoms. The fraction of sp³-hybridized carbons (Fsp3) is 0.625. The third-order valence-electron chi connectivity index (χ3n) is 4.97. The fourth-order valence-electron chi connectivity index (χ4n) is 3.08. The van der Waals surface area contributed by atoms with Gasteiger partial charge in [0.2, 0.25) is 10.0 Å². The van der Waals surface area contributed by atoms with Crippen LogP contribution in [0.1, 0.15) is 31.2 Å². The molecule has 0 spiro atoms. The topological polar surface area (TPSA) is 92.6 Å². The van der Waals surface area contributed by atoms with Gasteiger partial charge in [-0.3, -0.25) is 10.1 Å². The summed E-state index contributed by atoms with van der Waals surface area (Å²) in [5.74, 6) is -0.119. The Morgan fingerprint density at radius 2 is 1.88 bits per heavy atom. The van der Waals surface area contributed by atoms with Crippen LogP contribution in [0.2, 0.25) is 0 Å². The Hall–Kier alpha value is -1.29. The first-order chi connectivity index (χ1) is 11.8. The van der Waals surface area contributed by atoms with Crippen molar-refractivity contribution in [2.24, 2.45) is 5.92 Å². The van der Waals surface area contributed by atoms with Crippen molar-refractivity contribution in [3.63, 3.8) is 0 Å². The number of hydrogen-bond acceptors (Lipinski definition) is 5. The molecule has 0 atom stereocenters. The van der Waals surface area contributed by atoms with Gasteiger partial charge in [0.1, 0.15) is 5.82 Å². The van der Waals surface area contributed by atoms with Crippen LogP contribution in [0, 0.1) is 28.8 Å². The summed E-state index contributed by atoms with van der Waals surface area (Å²) in [7, 11) is -3.94. The standard InChI is InChI=1S/C16H22FN3O4S.ClH/c1-11-15(17)8-14(9-16(11)20(21)22)25(23,24)19-6-4-13(5-7-19)18-10-12-2-3-12;/h8-9,12-13,18H,2-7,10H2,1H3;1H. The number of sulfonamides is 1. The van der Waals surface area contributed by atoms with E-state index < -0.39 is 26.5 Å². The van der Waals surface area contributed by atoms with Crippen LogP contribution in [0.4, 0.5) is 10.1 Å². The zero-order valence-electron chi connectivity index (χ0n) is 14.5. The number of benzene rings is 1. The van der Waals surface area contributed by atoms with E-state index in [0.29, 0.717) is 25.9 Å². The van der Waals surface area contributed by atoms with Gasteiger partial charge in [0.15, 0.2) is 0 Å². The minimum absolute atomic E-state index is 0. The highest BCUT2D eigenvalue weighted by molar-refractivity contribution is 7.89. The maximum Gasteiger partial charge on any atom is 0.276 e. The van der Waals surface area contributed by atoms with E-state index in [1.54, 1.807) is 0 Å². The van der Waals surface area contributed by atoms with Crippen LogP contribution in [0.5, 0.6) is 0 Å². The number of nitrogens with zero attached hydrogens (tertiary/aromatic N) is 2. The van der Waals surface area contributed by atoms with Crippen molar-refractivity contribution < 1.29 is 17.7 Å². The van der Waals surface area contributed by atoms with E-state index in [4.69, 9.17) is 0 Å². The molecule has 1 N–H and O–H groups in total. The summed E-state index contributed by atoms with van der Waals surface area (Å²) in [6.07, 6.45) is 3.89. The Morgan fingerprint density at radius 3 is 2.42 bits per heavy atom. The summed E-state index contributed by atoms with van der Waals surface area (Å²) >= 11 is 0. The van der Waals surface area contributed by atoms with Gasteiger partial charge >= 0.3 is 0 Å². The molecule has 2 fully saturated rings. The molecular formula is C16H23ClFN3O4S. The predicted molar refractivity (Wildman–Crippen MR) is 97.5 cm³/mol. The second-order valence-electron chi connectivity index (χ2n) is 6.84. The van der Waals surface area contributed by atoms with Gasteiger partial charge in [0.05, 0.1) is 15.4 Å². The fourth-order valence-corrected chi connectivity index (χ4v) is 4.59. The Balaban J connectivity index is 0.00000243. The van der Waals surface area contributed by atoms with E-state index >= 15 is 0 Å². The predicted octanol–water partition coefficient (Wildman–Crippen LogP) is 2.62. The Morgan fingerprint density at radius 1 is 1.27 bits per heavy atom. The summed E-state index contributed by atoms with van der Waals surface area (Å²) < 4.78 is 40.7. The second-order valence-corrected chi connectivity index (χ2v) is 8.77. The quantitative estimate of drug-likeness (QED) is 0.578. The molecule has 7 nitrogen and oxygen atoms in total. The number of rotatable bonds is 6. The highest BCUT2D eigenvalue weighted by Crippen LogP contribution is 2.30. The van der Waals surface area contributed by atoms with E-state index in [1.165, 1.54) is 24.1 Å². The largest absolute Gasteiger partial charge is 0.314 e. The van der Waals surface area contributed by atoms with E-state index in [1.807, 2.05) is 0 Å². The molecule has 0 radical (unpaired) electrons. The summed E-state index contributed by atoms with van der Waals surface area (Å²) in [5.41, 5.74) is -0.675. The highest BCUT2D eigenvalue weighted by Gasteiger charge is 2.32. The van der Waals surface area contributed by atoms with Crippen molar-refractivity contribution in [1.29, 1.82) is 0 Å². The van der Waals surface area contributed by atoms with Gasteiger partial charge in [-0.15, -0.1) is 12.4 Å². The molecule has 3 rings (SSSR count). The minimum Gasteiger partial charge on any atom is -0.314 e. The van der Waals surface area contributed by atoms with Crippen molar-refractivity contribution >= 4 is 28.1 Å². The lowest BCUT2D eigenvalue weighted by atomic mass is 10.1. The summed E-state index contributed by atoms with van der Waals surface area (Å²) in [4.78, 5) is 9.91. The molecule has 1 aliphatic carbocycles. The van der Waals surface area contributed by atoms with Crippen molar-refractivity contribution in [2.45, 2.75) is 43.5 Å². The molecule has 0 amide bonds. The number of hydrogen-bond donors (Lipinski definition) is 1. The first-order valence-electron chi connectivity index (χ1n) is 8.47. The number of nitro benzene ring substituents is 1. The molecule has 0 unspecified atom stereocenters. The summed E-state index contributed by atoms with van der Waals surface area (Å²) in [6.45, 7) is 2.90. The third-order valence-corrected chi connectivity index (χ3v) is 6.85. The number of nitrogens with one attached hydrogen (secondary N) is 1. The molecule has 1 aliphatic heterocycles. The minimum atomic E-state index is -3.94. The molecule has 10 heteroatoms. The van der Waals surface area contributed by atoms with Gasteiger partial charge in [-0.25, -0.2) is 12.8 Å². The molecule has 2 aliphatic rings. The molecule has 1 saturated heterocycles. The monoisotopic (exact) mass is 407 g/mol. The van der Waals surface area contributed by atoms with Crippen molar-refractivity contribution in [2.75, 3.05) is 19.6 Å². The second kappa shape index (κ2) is 8.16. The van der Waals surface area contributed by atoms with E-state index in [0.717, 1.165) is 24.6 Å². The Labute approximate surface area is 158 Å². The van der Waals surface area contributed by atoms with Crippen LogP contribution in [-0.4, -0.2) is 43.3 Å². The summed E-state index contributed by atoms with van der Waals surface area (Å²) in [5, 5.41) is 14.5. The smallest absolute Gasteiger partial charge is 0.276 e. The van der Waals surface area contributed by atoms with Gasteiger partial charge in [-0.05, 0) is 51.1 Å². The SMILES string of the molecule is Cc1c(F)cc(S(=O)(=O)N2CCC(NCC3CC3)CC2)cc1[N+](=O)[O-].Cl. The molecule has 1 aromatic carbocycles. The maximum atomic E-state index is 13.9. The molecule has 146 valence electrons. The Bertz CT molecular complexity index is 778. The lowest BCUT2D eigenvalue weighted by Crippen LogP contribution is -2.45. The molecular weight excluding hydrogens is 385 g/mol. The molecule has 0 aromatic heterocycles. The molecule has 1 heterocycles. The first-order valence-corrected chi connectivity index (χ1v) is 9.91. The number of piperidine rings is 1. The molecule has 26 heavy (non-hydrogen) atoms. The molecule has 1 aromatic rings. The van der Waals surface area contributed by atoms with Crippen LogP contribution in [0.25, 0.3) is 0 Å². The van der Waals surface area contributed by atoms with Crippen molar-refractivity contribution in [3.8, 4) is 0 Å². The van der Waals surface area contributed by atoms with Gasteiger partial charge in [-0.1, -0.05) is 0 Å². The van der Waals surface area contributed by atoms with Gasteiger partial charge in [0.25, 0.3) is 5.69 Å². The Kier molecular flexibility index (Phi) is 6.60. The average Bonchev–Trinajstić information content (AvgIpc) is 3.39. The van der Waals surface area contributed by atoms with Crippen LogP contribution < -0.4 is 5.32 Å². The number of nitro groups is 1. The van der Waals surface area contributed by atoms with Crippen molar-refractivity contribution in [3.05, 3.63) is 33.6 Å². The highest BCUT2D eigenvalue weighted by atomic mass is 35.5. The van der Waals surface area contributed by atoms with Crippen LogP contribution in [0.15, 0.2) is 17.0 Å². The van der Waals surface area contributed by atoms with Gasteiger partial charge < -0.3 is 5.32 Å². The van der Waals surface area contributed by atoms with Crippen molar-refractivity contribution in [1.82, 2.24) is 9.62 Å². The first kappa shape index (κ1) is 21.0. The van der Waals surface area contributed by atoms with Crippen LogP contribution >= 0.6 is 12.4 Å².